The number of nitrogens with one attached hydrogen (secondary N) is 1. The van der Waals surface area contributed by atoms with Crippen LogP contribution in [0.5, 0.6) is 0 Å². The molecule has 0 spiro atoms. The number of anilines is 2. The Bertz CT molecular complexity index is 940. The van der Waals surface area contributed by atoms with Gasteiger partial charge in [-0.3, -0.25) is 9.20 Å². The van der Waals surface area contributed by atoms with E-state index in [1.165, 1.54) is 11.0 Å². The van der Waals surface area contributed by atoms with Gasteiger partial charge in [0.1, 0.15) is 18.2 Å². The quantitative estimate of drug-likeness (QED) is 0.791. The standard InChI is InChI=1S/C17H17FN6O/c1-11-4-5-12(18)14(9-11)24-7-2-3-13(17(24)25)21-15-16-22-20-10-23(16)8-6-19-15/h4-6,8-10,13H,2-3,7H2,1H3,(H,19,21). The molecule has 0 aliphatic carbocycles. The summed E-state index contributed by atoms with van der Waals surface area (Å²) in [5.41, 5.74) is 1.79. The summed E-state index contributed by atoms with van der Waals surface area (Å²) < 4.78 is 15.9. The van der Waals surface area contributed by atoms with Crippen molar-refractivity contribution in [2.24, 2.45) is 0 Å². The zero-order chi connectivity index (χ0) is 17.4. The molecule has 1 fully saturated rings. The van der Waals surface area contributed by atoms with Crippen LogP contribution in [0.2, 0.25) is 0 Å². The number of hydrogen-bond donors (Lipinski definition) is 1. The first-order chi connectivity index (χ1) is 12.1. The van der Waals surface area contributed by atoms with Crippen LogP contribution in [0.3, 0.4) is 0 Å². The van der Waals surface area contributed by atoms with Gasteiger partial charge < -0.3 is 10.2 Å². The number of amides is 1. The molecule has 3 heterocycles. The van der Waals surface area contributed by atoms with Gasteiger partial charge in [0.2, 0.25) is 11.6 Å². The van der Waals surface area contributed by atoms with Gasteiger partial charge in [-0.15, -0.1) is 10.2 Å². The molecule has 25 heavy (non-hydrogen) atoms. The minimum absolute atomic E-state index is 0.168. The second-order valence-electron chi connectivity index (χ2n) is 6.12. The SMILES string of the molecule is Cc1ccc(F)c(N2CCCC(Nc3nccn4cnnc34)C2=O)c1. The van der Waals surface area contributed by atoms with Crippen LogP contribution in [0.1, 0.15) is 18.4 Å². The number of fused-ring (bicyclic) bond motifs is 1. The number of benzene rings is 1. The van der Waals surface area contributed by atoms with Crippen LogP contribution in [0.4, 0.5) is 15.9 Å². The van der Waals surface area contributed by atoms with Crippen LogP contribution in [0, 0.1) is 12.7 Å². The maximum absolute atomic E-state index is 14.2. The molecular formula is C17H17FN6O. The summed E-state index contributed by atoms with van der Waals surface area (Å²) in [5, 5.41) is 11.0. The van der Waals surface area contributed by atoms with Gasteiger partial charge in [-0.2, -0.15) is 0 Å². The van der Waals surface area contributed by atoms with Gasteiger partial charge in [-0.1, -0.05) is 6.07 Å². The fourth-order valence-electron chi connectivity index (χ4n) is 3.10. The van der Waals surface area contributed by atoms with Gasteiger partial charge in [0.25, 0.3) is 0 Å². The number of nitrogens with zero attached hydrogens (tertiary/aromatic N) is 5. The Hall–Kier alpha value is -3.03. The first-order valence-electron chi connectivity index (χ1n) is 8.12. The van der Waals surface area contributed by atoms with E-state index in [1.807, 2.05) is 6.92 Å². The van der Waals surface area contributed by atoms with Crippen LogP contribution < -0.4 is 10.2 Å². The van der Waals surface area contributed by atoms with Gasteiger partial charge in [-0.25, -0.2) is 9.37 Å². The van der Waals surface area contributed by atoms with Crippen molar-refractivity contribution in [1.82, 2.24) is 19.6 Å². The zero-order valence-electron chi connectivity index (χ0n) is 13.7. The molecule has 1 saturated heterocycles. The fraction of sp³-hybridized carbons (Fsp3) is 0.294. The van der Waals surface area contributed by atoms with Crippen molar-refractivity contribution in [3.05, 3.63) is 48.3 Å². The van der Waals surface area contributed by atoms with E-state index in [9.17, 15) is 9.18 Å². The molecule has 128 valence electrons. The second-order valence-corrected chi connectivity index (χ2v) is 6.12. The molecule has 2 aromatic heterocycles. The van der Waals surface area contributed by atoms with Crippen molar-refractivity contribution < 1.29 is 9.18 Å². The average molecular weight is 340 g/mol. The molecule has 4 rings (SSSR count). The van der Waals surface area contributed by atoms with Gasteiger partial charge >= 0.3 is 0 Å². The Kier molecular flexibility index (Phi) is 3.79. The molecule has 1 aliphatic heterocycles. The number of halogens is 1. The summed E-state index contributed by atoms with van der Waals surface area (Å²) in [6, 6.07) is 4.31. The number of carbonyl (C=O) groups is 1. The number of aromatic nitrogens is 4. The third-order valence-corrected chi connectivity index (χ3v) is 4.36. The molecule has 1 N–H and O–H groups in total. The molecule has 0 saturated carbocycles. The lowest BCUT2D eigenvalue weighted by atomic mass is 10.0. The molecule has 1 aliphatic rings. The number of piperidine rings is 1. The van der Waals surface area contributed by atoms with Crippen LogP contribution in [-0.4, -0.2) is 38.1 Å². The Balaban J connectivity index is 1.62. The molecule has 1 amide bonds. The highest BCUT2D eigenvalue weighted by molar-refractivity contribution is 5.99. The molecule has 3 aromatic rings. The van der Waals surface area contributed by atoms with Crippen molar-refractivity contribution >= 4 is 23.1 Å². The van der Waals surface area contributed by atoms with Gasteiger partial charge in [0, 0.05) is 18.9 Å². The van der Waals surface area contributed by atoms with E-state index < -0.39 is 11.9 Å². The molecule has 1 atom stereocenters. The van der Waals surface area contributed by atoms with Crippen LogP contribution in [0.25, 0.3) is 5.65 Å². The van der Waals surface area contributed by atoms with Gasteiger partial charge in [0.05, 0.1) is 5.69 Å². The number of hydrogen-bond acceptors (Lipinski definition) is 5. The summed E-state index contributed by atoms with van der Waals surface area (Å²) in [6.07, 6.45) is 6.34. The predicted molar refractivity (Wildman–Crippen MR) is 90.9 cm³/mol. The summed E-state index contributed by atoms with van der Waals surface area (Å²) in [7, 11) is 0. The first-order valence-corrected chi connectivity index (χ1v) is 8.12. The van der Waals surface area contributed by atoms with E-state index in [-0.39, 0.29) is 5.91 Å². The number of carbonyl (C=O) groups excluding carboxylic acids is 1. The highest BCUT2D eigenvalue weighted by Crippen LogP contribution is 2.26. The molecule has 7 nitrogen and oxygen atoms in total. The lowest BCUT2D eigenvalue weighted by molar-refractivity contribution is -0.120. The zero-order valence-corrected chi connectivity index (χ0v) is 13.7. The third kappa shape index (κ3) is 2.79. The number of rotatable bonds is 3. The summed E-state index contributed by atoms with van der Waals surface area (Å²) in [6.45, 7) is 2.38. The van der Waals surface area contributed by atoms with Crippen LogP contribution >= 0.6 is 0 Å². The highest BCUT2D eigenvalue weighted by atomic mass is 19.1. The molecule has 8 heteroatoms. The minimum atomic E-state index is -0.482. The molecule has 0 bridgehead atoms. The molecular weight excluding hydrogens is 323 g/mol. The van der Waals surface area contributed by atoms with Crippen molar-refractivity contribution in [2.45, 2.75) is 25.8 Å². The van der Waals surface area contributed by atoms with E-state index in [0.717, 1.165) is 12.0 Å². The Morgan fingerprint density at radius 3 is 3.12 bits per heavy atom. The second kappa shape index (κ2) is 6.12. The van der Waals surface area contributed by atoms with Crippen LogP contribution in [-0.2, 0) is 4.79 Å². The van der Waals surface area contributed by atoms with Crippen molar-refractivity contribution in [3.63, 3.8) is 0 Å². The van der Waals surface area contributed by atoms with E-state index in [0.29, 0.717) is 30.1 Å². The number of aryl methyl sites for hydroxylation is 1. The lowest BCUT2D eigenvalue weighted by Gasteiger charge is -2.33. The maximum atomic E-state index is 14.2. The van der Waals surface area contributed by atoms with Crippen molar-refractivity contribution in [1.29, 1.82) is 0 Å². The molecule has 0 radical (unpaired) electrons. The molecule has 1 unspecified atom stereocenters. The van der Waals surface area contributed by atoms with E-state index in [4.69, 9.17) is 0 Å². The summed E-state index contributed by atoms with van der Waals surface area (Å²) in [5.74, 6) is -0.0683. The van der Waals surface area contributed by atoms with Crippen LogP contribution in [0.15, 0.2) is 36.9 Å². The van der Waals surface area contributed by atoms with Gasteiger partial charge in [-0.05, 0) is 37.5 Å². The minimum Gasteiger partial charge on any atom is -0.355 e. The molecule has 1 aromatic carbocycles. The summed E-state index contributed by atoms with van der Waals surface area (Å²) in [4.78, 5) is 18.7. The maximum Gasteiger partial charge on any atom is 0.249 e. The lowest BCUT2D eigenvalue weighted by Crippen LogP contribution is -2.48. The third-order valence-electron chi connectivity index (χ3n) is 4.36. The van der Waals surface area contributed by atoms with E-state index in [2.05, 4.69) is 20.5 Å². The first kappa shape index (κ1) is 15.5. The van der Waals surface area contributed by atoms with E-state index in [1.54, 1.807) is 35.3 Å². The fourth-order valence-corrected chi connectivity index (χ4v) is 3.10. The Labute approximate surface area is 143 Å². The average Bonchev–Trinajstić information content (AvgIpc) is 3.09. The smallest absolute Gasteiger partial charge is 0.249 e. The summed E-state index contributed by atoms with van der Waals surface area (Å²) >= 11 is 0. The largest absolute Gasteiger partial charge is 0.355 e. The topological polar surface area (TPSA) is 75.4 Å². The monoisotopic (exact) mass is 340 g/mol. The Morgan fingerprint density at radius 2 is 2.24 bits per heavy atom. The van der Waals surface area contributed by atoms with Crippen molar-refractivity contribution in [3.8, 4) is 0 Å². The van der Waals surface area contributed by atoms with Crippen molar-refractivity contribution in [2.75, 3.05) is 16.8 Å². The Morgan fingerprint density at radius 1 is 1.36 bits per heavy atom. The van der Waals surface area contributed by atoms with Gasteiger partial charge in [0.15, 0.2) is 5.82 Å². The highest BCUT2D eigenvalue weighted by Gasteiger charge is 2.31. The normalized spacial score (nSPS) is 17.9. The van der Waals surface area contributed by atoms with E-state index >= 15 is 0 Å². The predicted octanol–water partition coefficient (Wildman–Crippen LogP) is 2.18.